The lowest BCUT2D eigenvalue weighted by Gasteiger charge is -2.20. The molecule has 1 aromatic rings. The lowest BCUT2D eigenvalue weighted by Crippen LogP contribution is -2.42. The largest absolute Gasteiger partial charge is 0.488 e. The molecule has 0 aliphatic heterocycles. The molecule has 3 N–H and O–H groups in total. The van der Waals surface area contributed by atoms with E-state index in [9.17, 15) is 4.79 Å². The van der Waals surface area contributed by atoms with Crippen molar-refractivity contribution in [2.75, 3.05) is 6.54 Å². The summed E-state index contributed by atoms with van der Waals surface area (Å²) in [6.45, 7) is 6.17. The van der Waals surface area contributed by atoms with Gasteiger partial charge in [0, 0.05) is 0 Å². The summed E-state index contributed by atoms with van der Waals surface area (Å²) in [4.78, 5) is 11.4. The highest BCUT2D eigenvalue weighted by atomic mass is 16.5. The Hall–Kier alpha value is -1.55. The summed E-state index contributed by atoms with van der Waals surface area (Å²) in [7, 11) is 0. The highest BCUT2D eigenvalue weighted by Gasteiger charge is 2.13. The molecule has 0 spiro atoms. The van der Waals surface area contributed by atoms with Crippen LogP contribution in [0.2, 0.25) is 0 Å². The molecule has 1 unspecified atom stereocenters. The molecule has 0 aliphatic rings. The quantitative estimate of drug-likeness (QED) is 0.806. The molecule has 0 saturated heterocycles. The number of carbonyl (C=O) groups excluding carboxylic acids is 1. The van der Waals surface area contributed by atoms with E-state index < -0.39 is 6.04 Å². The zero-order chi connectivity index (χ0) is 13.5. The molecule has 4 nitrogen and oxygen atoms in total. The van der Waals surface area contributed by atoms with Crippen molar-refractivity contribution in [2.24, 2.45) is 5.73 Å². The molecule has 2 atom stereocenters. The second-order valence-corrected chi connectivity index (χ2v) is 4.45. The third-order valence-electron chi connectivity index (χ3n) is 2.76. The minimum Gasteiger partial charge on any atom is -0.488 e. The number of benzene rings is 1. The average Bonchev–Trinajstić information content (AvgIpc) is 2.36. The van der Waals surface area contributed by atoms with Crippen LogP contribution >= 0.6 is 0 Å². The van der Waals surface area contributed by atoms with Crippen LogP contribution < -0.4 is 15.8 Å². The monoisotopic (exact) mass is 250 g/mol. The van der Waals surface area contributed by atoms with Crippen LogP contribution in [-0.4, -0.2) is 24.6 Å². The van der Waals surface area contributed by atoms with Gasteiger partial charge in [-0.15, -0.1) is 0 Å². The summed E-state index contributed by atoms with van der Waals surface area (Å²) in [6, 6.07) is 7.37. The molecule has 100 valence electrons. The number of nitrogens with two attached hydrogens (primary N) is 1. The van der Waals surface area contributed by atoms with Crippen molar-refractivity contribution >= 4 is 5.91 Å². The Morgan fingerprint density at radius 1 is 1.44 bits per heavy atom. The van der Waals surface area contributed by atoms with Crippen molar-refractivity contribution in [2.45, 2.75) is 39.3 Å². The highest BCUT2D eigenvalue weighted by Crippen LogP contribution is 2.18. The van der Waals surface area contributed by atoms with Crippen LogP contribution in [0.3, 0.4) is 0 Å². The van der Waals surface area contributed by atoms with Gasteiger partial charge in [-0.25, -0.2) is 0 Å². The fourth-order valence-corrected chi connectivity index (χ4v) is 1.51. The van der Waals surface area contributed by atoms with E-state index in [1.807, 2.05) is 38.1 Å². The van der Waals surface area contributed by atoms with Gasteiger partial charge in [0.1, 0.15) is 11.9 Å². The molecule has 18 heavy (non-hydrogen) atoms. The SMILES string of the molecule is CCC(CNC(=O)[C@H](C)N)Oc1ccccc1C. The number of hydrogen-bond acceptors (Lipinski definition) is 3. The fraction of sp³-hybridized carbons (Fsp3) is 0.500. The Labute approximate surface area is 109 Å². The van der Waals surface area contributed by atoms with Crippen molar-refractivity contribution < 1.29 is 9.53 Å². The van der Waals surface area contributed by atoms with Crippen molar-refractivity contribution in [1.82, 2.24) is 5.32 Å². The molecule has 0 radical (unpaired) electrons. The van der Waals surface area contributed by atoms with Crippen LogP contribution in [0.15, 0.2) is 24.3 Å². The summed E-state index contributed by atoms with van der Waals surface area (Å²) in [6.07, 6.45) is 0.793. The minimum absolute atomic E-state index is 0.0335. The standard InChI is InChI=1S/C14H22N2O2/c1-4-12(9-16-14(17)11(3)15)18-13-8-6-5-7-10(13)2/h5-8,11-12H,4,9,15H2,1-3H3,(H,16,17)/t11-,12?/m0/s1. The number of nitrogens with one attached hydrogen (secondary N) is 1. The summed E-state index contributed by atoms with van der Waals surface area (Å²) in [5.41, 5.74) is 6.58. The first-order chi connectivity index (χ1) is 8.54. The Morgan fingerprint density at radius 3 is 2.67 bits per heavy atom. The maximum atomic E-state index is 11.4. The van der Waals surface area contributed by atoms with E-state index in [1.165, 1.54) is 0 Å². The third kappa shape index (κ3) is 4.37. The Balaban J connectivity index is 2.52. The van der Waals surface area contributed by atoms with Crippen molar-refractivity contribution in [1.29, 1.82) is 0 Å². The maximum absolute atomic E-state index is 11.4. The first-order valence-corrected chi connectivity index (χ1v) is 6.30. The topological polar surface area (TPSA) is 64.4 Å². The van der Waals surface area contributed by atoms with Gasteiger partial charge in [0.2, 0.25) is 5.91 Å². The molecule has 1 aromatic carbocycles. The lowest BCUT2D eigenvalue weighted by atomic mass is 10.2. The van der Waals surface area contributed by atoms with Crippen LogP contribution in [0.4, 0.5) is 0 Å². The van der Waals surface area contributed by atoms with Gasteiger partial charge in [0.25, 0.3) is 0 Å². The summed E-state index contributed by atoms with van der Waals surface area (Å²) in [5, 5.41) is 2.78. The van der Waals surface area contributed by atoms with Crippen LogP contribution in [-0.2, 0) is 4.79 Å². The van der Waals surface area contributed by atoms with Crippen LogP contribution in [0.25, 0.3) is 0 Å². The van der Waals surface area contributed by atoms with E-state index in [4.69, 9.17) is 10.5 Å². The predicted molar refractivity (Wildman–Crippen MR) is 72.5 cm³/mol. The number of para-hydroxylation sites is 1. The van der Waals surface area contributed by atoms with E-state index in [1.54, 1.807) is 6.92 Å². The van der Waals surface area contributed by atoms with Crippen molar-refractivity contribution in [3.05, 3.63) is 29.8 Å². The smallest absolute Gasteiger partial charge is 0.236 e. The average molecular weight is 250 g/mol. The van der Waals surface area contributed by atoms with E-state index in [0.717, 1.165) is 17.7 Å². The Morgan fingerprint density at radius 2 is 2.11 bits per heavy atom. The number of ether oxygens (including phenoxy) is 1. The number of hydrogen-bond donors (Lipinski definition) is 2. The molecule has 0 aromatic heterocycles. The van der Waals surface area contributed by atoms with Gasteiger partial charge in [-0.2, -0.15) is 0 Å². The van der Waals surface area contributed by atoms with Gasteiger partial charge < -0.3 is 15.8 Å². The van der Waals surface area contributed by atoms with E-state index in [0.29, 0.717) is 6.54 Å². The highest BCUT2D eigenvalue weighted by molar-refractivity contribution is 5.80. The molecule has 0 heterocycles. The van der Waals surface area contributed by atoms with Gasteiger partial charge >= 0.3 is 0 Å². The summed E-state index contributed by atoms with van der Waals surface area (Å²) >= 11 is 0. The number of aryl methyl sites for hydroxylation is 1. The molecule has 1 amide bonds. The fourth-order valence-electron chi connectivity index (χ4n) is 1.51. The second kappa shape index (κ2) is 7.01. The van der Waals surface area contributed by atoms with Gasteiger partial charge in [-0.05, 0) is 31.9 Å². The first kappa shape index (κ1) is 14.5. The molecule has 0 saturated carbocycles. The molecular formula is C14H22N2O2. The summed E-state index contributed by atoms with van der Waals surface area (Å²) < 4.78 is 5.87. The van der Waals surface area contributed by atoms with Gasteiger partial charge in [-0.3, -0.25) is 4.79 Å². The van der Waals surface area contributed by atoms with Crippen molar-refractivity contribution in [3.8, 4) is 5.75 Å². The molecular weight excluding hydrogens is 228 g/mol. The predicted octanol–water partition coefficient (Wildman–Crippen LogP) is 1.62. The second-order valence-electron chi connectivity index (χ2n) is 4.45. The Kier molecular flexibility index (Phi) is 5.65. The van der Waals surface area contributed by atoms with Crippen LogP contribution in [0.1, 0.15) is 25.8 Å². The molecule has 0 bridgehead atoms. The van der Waals surface area contributed by atoms with Gasteiger partial charge in [0.05, 0.1) is 12.6 Å². The molecule has 1 rings (SSSR count). The lowest BCUT2D eigenvalue weighted by molar-refractivity contribution is -0.122. The molecule has 0 aliphatic carbocycles. The van der Waals surface area contributed by atoms with E-state index in [-0.39, 0.29) is 12.0 Å². The number of amides is 1. The van der Waals surface area contributed by atoms with Crippen LogP contribution in [0, 0.1) is 6.92 Å². The maximum Gasteiger partial charge on any atom is 0.236 e. The number of carbonyl (C=O) groups is 1. The first-order valence-electron chi connectivity index (χ1n) is 6.30. The minimum atomic E-state index is -0.485. The van der Waals surface area contributed by atoms with E-state index in [2.05, 4.69) is 5.32 Å². The van der Waals surface area contributed by atoms with Crippen LogP contribution in [0.5, 0.6) is 5.75 Å². The normalized spacial score (nSPS) is 13.8. The molecule has 4 heteroatoms. The zero-order valence-electron chi connectivity index (χ0n) is 11.3. The molecule has 0 fully saturated rings. The van der Waals surface area contributed by atoms with Crippen molar-refractivity contribution in [3.63, 3.8) is 0 Å². The third-order valence-corrected chi connectivity index (χ3v) is 2.76. The van der Waals surface area contributed by atoms with E-state index >= 15 is 0 Å². The summed E-state index contributed by atoms with van der Waals surface area (Å²) in [5.74, 6) is 0.709. The Bertz CT molecular complexity index is 391. The number of rotatable bonds is 6. The zero-order valence-corrected chi connectivity index (χ0v) is 11.3. The van der Waals surface area contributed by atoms with Gasteiger partial charge in [0.15, 0.2) is 0 Å². The van der Waals surface area contributed by atoms with Gasteiger partial charge in [-0.1, -0.05) is 25.1 Å².